The van der Waals surface area contributed by atoms with Gasteiger partial charge >= 0.3 is 151 Å². The smallest absolute Gasteiger partial charge is 0.00455 e. The summed E-state index contributed by atoms with van der Waals surface area (Å²) in [4.78, 5) is 0. The second kappa shape index (κ2) is 16.5. The van der Waals surface area contributed by atoms with Crippen molar-refractivity contribution in [3.63, 3.8) is 0 Å². The van der Waals surface area contributed by atoms with Crippen LogP contribution in [0.2, 0.25) is 0 Å². The first-order valence-corrected chi connectivity index (χ1v) is 22.2. The fourth-order valence-corrected chi connectivity index (χ4v) is 12.8. The van der Waals surface area contributed by atoms with Crippen LogP contribution in [0.1, 0.15) is 126 Å². The Kier molecular flexibility index (Phi) is 13.8. The van der Waals surface area contributed by atoms with Crippen molar-refractivity contribution in [3.05, 3.63) is 174 Å². The standard InChI is InChI=1S/C29H37.C21H26.C5H5.2ClH.Zr/c1-21-14-13-15-22-20-27(6)25(4)18-10-9-16-23(25,2)24(3)17-11-12-19-26(24,5)29(27,8)28(21,22)7;1-20(2,3)18-11-7-16(8-12-18)15-17-9-13-19(14-10-17)21(4,5)6;1-2-4-5-3-1;;;/h9-20,22H,1-8H3;7-14H,1-6H3;1-3H,4H2;2*1H;/q-1;;-1;;;+2/p-2. The Hall–Kier alpha value is -2.31. The molecule has 0 N–H and O–H groups in total. The molecule has 8 atom stereocenters. The molecule has 2 aromatic rings. The zero-order valence-corrected chi connectivity index (χ0v) is 41.8. The third-order valence-corrected chi connectivity index (χ3v) is 18.1. The van der Waals surface area contributed by atoms with Crippen LogP contribution in [0.4, 0.5) is 0 Å². The van der Waals surface area contributed by atoms with Crippen LogP contribution in [0.15, 0.2) is 139 Å². The quantitative estimate of drug-likeness (QED) is 0.266. The van der Waals surface area contributed by atoms with E-state index in [1.165, 1.54) is 55.3 Å². The number of halogens is 2. The number of benzene rings is 2. The molecule has 2 fully saturated rings. The van der Waals surface area contributed by atoms with Crippen LogP contribution in [0, 0.1) is 56.3 Å². The first-order chi connectivity index (χ1) is 26.0. The van der Waals surface area contributed by atoms with Gasteiger partial charge in [-0.1, -0.05) is 115 Å². The molecular weight excluding hydrogens is 823 g/mol. The van der Waals surface area contributed by atoms with Crippen LogP contribution in [0.3, 0.4) is 0 Å². The molecule has 0 nitrogen and oxygen atoms in total. The number of hydrogen-bond donors (Lipinski definition) is 0. The summed E-state index contributed by atoms with van der Waals surface area (Å²) in [5, 5.41) is 0. The monoisotopic (exact) mass is 888 g/mol. The molecule has 6 aliphatic rings. The third kappa shape index (κ3) is 6.93. The van der Waals surface area contributed by atoms with Crippen molar-refractivity contribution in [3.8, 4) is 0 Å². The summed E-state index contributed by atoms with van der Waals surface area (Å²) in [7, 11) is 0. The van der Waals surface area contributed by atoms with Crippen LogP contribution in [0.25, 0.3) is 0 Å². The minimum absolute atomic E-state index is 0. The largest absolute Gasteiger partial charge is 1.00 e. The van der Waals surface area contributed by atoms with Gasteiger partial charge in [0.1, 0.15) is 0 Å². The minimum Gasteiger partial charge on any atom is -1.00 e. The van der Waals surface area contributed by atoms with Crippen molar-refractivity contribution >= 4 is 3.21 Å². The number of hydrogen-bond acceptors (Lipinski definition) is 0. The maximum Gasteiger partial charge on any atom is 0.00455 e. The summed E-state index contributed by atoms with van der Waals surface area (Å²) in [6, 6.07) is 18.1. The molecule has 0 heterocycles. The van der Waals surface area contributed by atoms with Crippen LogP contribution < -0.4 is 24.8 Å². The molecule has 0 saturated heterocycles. The summed E-state index contributed by atoms with van der Waals surface area (Å²) in [6.07, 6.45) is 39.3. The van der Waals surface area contributed by atoms with Crippen LogP contribution in [-0.4, -0.2) is 3.21 Å². The van der Waals surface area contributed by atoms with Gasteiger partial charge in [0.2, 0.25) is 0 Å². The second-order valence-corrected chi connectivity index (χ2v) is 22.0. The molecule has 58 heavy (non-hydrogen) atoms. The average Bonchev–Trinajstić information content (AvgIpc) is 3.80. The molecule has 2 aromatic carbocycles. The summed E-state index contributed by atoms with van der Waals surface area (Å²) < 4.78 is 1.42. The van der Waals surface area contributed by atoms with Gasteiger partial charge in [0.25, 0.3) is 0 Å². The first kappa shape index (κ1) is 48.4. The van der Waals surface area contributed by atoms with Crippen molar-refractivity contribution in [1.82, 2.24) is 0 Å². The average molecular weight is 891 g/mol. The van der Waals surface area contributed by atoms with E-state index in [0.29, 0.717) is 5.92 Å². The van der Waals surface area contributed by atoms with Crippen molar-refractivity contribution in [2.75, 3.05) is 0 Å². The van der Waals surface area contributed by atoms with E-state index in [0.717, 1.165) is 6.42 Å². The Balaban J connectivity index is 0.000000228. The van der Waals surface area contributed by atoms with E-state index >= 15 is 0 Å². The second-order valence-electron chi connectivity index (χ2n) is 20.7. The van der Waals surface area contributed by atoms with E-state index in [1.54, 1.807) is 0 Å². The molecular formula is C55H68Cl2Zr-2. The summed E-state index contributed by atoms with van der Waals surface area (Å²) in [5.41, 5.74) is 7.63. The van der Waals surface area contributed by atoms with E-state index in [-0.39, 0.29) is 73.5 Å². The van der Waals surface area contributed by atoms with E-state index in [4.69, 9.17) is 0 Å². The van der Waals surface area contributed by atoms with Crippen molar-refractivity contribution in [2.24, 2.45) is 43.8 Å². The van der Waals surface area contributed by atoms with Crippen LogP contribution in [-0.2, 0) is 35.1 Å². The molecule has 0 amide bonds. The molecule has 0 spiro atoms. The van der Waals surface area contributed by atoms with Gasteiger partial charge in [0, 0.05) is 10.8 Å². The van der Waals surface area contributed by atoms with Crippen molar-refractivity contribution in [1.29, 1.82) is 0 Å². The molecule has 0 bridgehead atoms. The predicted molar refractivity (Wildman–Crippen MR) is 239 cm³/mol. The fraction of sp³-hybridized carbons (Fsp3) is 0.455. The zero-order valence-electron chi connectivity index (χ0n) is 37.8. The molecule has 308 valence electrons. The van der Waals surface area contributed by atoms with E-state index in [1.807, 2.05) is 12.2 Å². The fourth-order valence-electron chi connectivity index (χ4n) is 12.0. The minimum atomic E-state index is 0. The number of fused-ring (bicyclic) bond motifs is 8. The maximum absolute atomic E-state index is 2.99. The SMILES string of the molecule is CC(C)(C)c1ccc([C](=[Zr+2])c2ccc(C(C)(C)C)cc2)cc1.CC1=CC=CC2[CH-]C3(C)C4(C)C=CC=CC4(C)C4(C)C=CC=CC4(C)C3(C)C12C.[C-]1=CC=CC1.[Cl-].[Cl-]. The van der Waals surface area contributed by atoms with Gasteiger partial charge in [0.15, 0.2) is 0 Å². The molecule has 8 unspecified atom stereocenters. The summed E-state index contributed by atoms with van der Waals surface area (Å²) in [5.74, 6) is 0.460. The molecule has 0 aromatic heterocycles. The van der Waals surface area contributed by atoms with E-state index < -0.39 is 0 Å². The Morgan fingerprint density at radius 1 is 0.621 bits per heavy atom. The summed E-state index contributed by atoms with van der Waals surface area (Å²) in [6.45, 7) is 33.9. The Morgan fingerprint density at radius 2 is 1.05 bits per heavy atom. The predicted octanol–water partition coefficient (Wildman–Crippen LogP) is 8.36. The normalized spacial score (nSPS) is 35.7. The molecule has 8 rings (SSSR count). The van der Waals surface area contributed by atoms with Gasteiger partial charge < -0.3 is 31.2 Å². The van der Waals surface area contributed by atoms with Crippen molar-refractivity contribution < 1.29 is 49.0 Å². The van der Waals surface area contributed by atoms with Crippen LogP contribution in [0.5, 0.6) is 0 Å². The topological polar surface area (TPSA) is 0 Å². The number of rotatable bonds is 2. The molecule has 0 aliphatic heterocycles. The molecule has 2 saturated carbocycles. The van der Waals surface area contributed by atoms with E-state index in [9.17, 15) is 0 Å². The van der Waals surface area contributed by atoms with E-state index in [2.05, 4.69) is 231 Å². The molecule has 3 heteroatoms. The Labute approximate surface area is 381 Å². The Morgan fingerprint density at radius 3 is 1.45 bits per heavy atom. The summed E-state index contributed by atoms with van der Waals surface area (Å²) >= 11 is 1.46. The van der Waals surface area contributed by atoms with Gasteiger partial charge in [-0.15, -0.1) is 23.8 Å². The van der Waals surface area contributed by atoms with Gasteiger partial charge in [-0.05, 0) is 28.6 Å². The number of allylic oxidation sites excluding steroid dienone is 16. The van der Waals surface area contributed by atoms with Gasteiger partial charge in [-0.2, -0.15) is 6.08 Å². The molecule has 6 aliphatic carbocycles. The van der Waals surface area contributed by atoms with Crippen molar-refractivity contribution in [2.45, 2.75) is 114 Å². The van der Waals surface area contributed by atoms with Gasteiger partial charge in [-0.25, -0.2) is 12.2 Å². The van der Waals surface area contributed by atoms with Crippen LogP contribution >= 0.6 is 0 Å². The third-order valence-electron chi connectivity index (χ3n) is 16.7. The zero-order chi connectivity index (χ0) is 41.2. The maximum atomic E-state index is 2.99. The first-order valence-electron chi connectivity index (χ1n) is 21.0. The van der Waals surface area contributed by atoms with Gasteiger partial charge in [0.05, 0.1) is 0 Å². The molecule has 0 radical (unpaired) electrons. The Bertz CT molecular complexity index is 2020. The van der Waals surface area contributed by atoms with Gasteiger partial charge in [-0.3, -0.25) is 6.08 Å².